The maximum absolute atomic E-state index is 13.5. The number of carbonyl (C=O) groups is 5. The van der Waals surface area contributed by atoms with Gasteiger partial charge in [-0.15, -0.1) is 0 Å². The maximum atomic E-state index is 13.5. The van der Waals surface area contributed by atoms with E-state index in [1.54, 1.807) is 6.20 Å². The predicted molar refractivity (Wildman–Crippen MR) is 144 cm³/mol. The van der Waals surface area contributed by atoms with Gasteiger partial charge in [-0.2, -0.15) is 0 Å². The summed E-state index contributed by atoms with van der Waals surface area (Å²) in [7, 11) is 0. The van der Waals surface area contributed by atoms with E-state index in [0.29, 0.717) is 19.3 Å². The lowest BCUT2D eigenvalue weighted by Gasteiger charge is -2.30. The molecule has 5 unspecified atom stereocenters. The minimum atomic E-state index is -1.21. The summed E-state index contributed by atoms with van der Waals surface area (Å²) in [5.74, 6) is -3.63. The first-order valence-electron chi connectivity index (χ1n) is 13.3. The molecule has 0 saturated carbocycles. The predicted octanol–water partition coefficient (Wildman–Crippen LogP) is 0.395. The standard InChI is InChI=1S/C27H38N6O6/c1-3-15(2)23(29)25(36)31-19(10-11-22(28)34)26(37)33-12-6-9-21(33)24(35)32-20(27(38)39)13-16-14-30-18-8-5-4-7-17(16)18/h4-5,7-8,14-15,19-21,23,30H,3,6,9-13,29H2,1-2H3,(H2,28,34)(H,31,36)(H,32,35)(H,38,39). The van der Waals surface area contributed by atoms with Gasteiger partial charge in [-0.05, 0) is 36.8 Å². The van der Waals surface area contributed by atoms with Crippen LogP contribution in [0.2, 0.25) is 0 Å². The van der Waals surface area contributed by atoms with E-state index in [1.807, 2.05) is 38.1 Å². The molecule has 1 aliphatic heterocycles. The van der Waals surface area contributed by atoms with Crippen molar-refractivity contribution in [3.05, 3.63) is 36.0 Å². The molecule has 1 aliphatic rings. The van der Waals surface area contributed by atoms with E-state index in [-0.39, 0.29) is 31.7 Å². The lowest BCUT2D eigenvalue weighted by atomic mass is 9.98. The Hall–Kier alpha value is -3.93. The smallest absolute Gasteiger partial charge is 0.326 e. The fourth-order valence-electron chi connectivity index (χ4n) is 4.82. The summed E-state index contributed by atoms with van der Waals surface area (Å²) in [6, 6.07) is 3.37. The summed E-state index contributed by atoms with van der Waals surface area (Å²) in [6.07, 6.45) is 3.09. The molecule has 1 aromatic carbocycles. The van der Waals surface area contributed by atoms with E-state index in [2.05, 4.69) is 15.6 Å². The highest BCUT2D eigenvalue weighted by Crippen LogP contribution is 2.22. The van der Waals surface area contributed by atoms with Gasteiger partial charge in [0.1, 0.15) is 18.1 Å². The van der Waals surface area contributed by atoms with Gasteiger partial charge in [0, 0.05) is 36.5 Å². The molecule has 8 N–H and O–H groups in total. The van der Waals surface area contributed by atoms with Crippen molar-refractivity contribution in [2.75, 3.05) is 6.54 Å². The van der Waals surface area contributed by atoms with Crippen molar-refractivity contribution < 1.29 is 29.1 Å². The van der Waals surface area contributed by atoms with Crippen molar-refractivity contribution in [1.29, 1.82) is 0 Å². The third-order valence-corrected chi connectivity index (χ3v) is 7.41. The van der Waals surface area contributed by atoms with Crippen molar-refractivity contribution in [3.63, 3.8) is 0 Å². The Kier molecular flexibility index (Phi) is 10.0. The Morgan fingerprint density at radius 1 is 1.15 bits per heavy atom. The second kappa shape index (κ2) is 13.2. The first-order chi connectivity index (χ1) is 18.5. The van der Waals surface area contributed by atoms with E-state index in [0.717, 1.165) is 16.5 Å². The summed E-state index contributed by atoms with van der Waals surface area (Å²) in [5.41, 5.74) is 12.9. The molecule has 212 valence electrons. The summed E-state index contributed by atoms with van der Waals surface area (Å²) >= 11 is 0. The number of nitrogens with two attached hydrogens (primary N) is 2. The molecule has 4 amide bonds. The molecule has 39 heavy (non-hydrogen) atoms. The number of para-hydroxylation sites is 1. The lowest BCUT2D eigenvalue weighted by Crippen LogP contribution is -2.57. The van der Waals surface area contributed by atoms with Crippen LogP contribution in [0.15, 0.2) is 30.5 Å². The summed E-state index contributed by atoms with van der Waals surface area (Å²) in [4.78, 5) is 67.4. The third kappa shape index (κ3) is 7.34. The van der Waals surface area contributed by atoms with Gasteiger partial charge in [0.25, 0.3) is 0 Å². The van der Waals surface area contributed by atoms with Gasteiger partial charge in [0.2, 0.25) is 23.6 Å². The van der Waals surface area contributed by atoms with Gasteiger partial charge in [0.15, 0.2) is 0 Å². The number of amides is 4. The zero-order chi connectivity index (χ0) is 28.7. The van der Waals surface area contributed by atoms with Gasteiger partial charge in [-0.3, -0.25) is 19.2 Å². The van der Waals surface area contributed by atoms with Gasteiger partial charge in [-0.1, -0.05) is 38.5 Å². The Balaban J connectivity index is 1.73. The molecular formula is C27H38N6O6. The number of hydrogen-bond acceptors (Lipinski definition) is 6. The molecule has 12 nitrogen and oxygen atoms in total. The van der Waals surface area contributed by atoms with E-state index in [1.165, 1.54) is 4.90 Å². The summed E-state index contributed by atoms with van der Waals surface area (Å²) in [6.45, 7) is 3.96. The van der Waals surface area contributed by atoms with Crippen LogP contribution in [0.3, 0.4) is 0 Å². The SMILES string of the molecule is CCC(C)C(N)C(=O)NC(CCC(N)=O)C(=O)N1CCCC1C(=O)NC(Cc1c[nH]c2ccccc12)C(=O)O. The second-order valence-corrected chi connectivity index (χ2v) is 10.1. The Labute approximate surface area is 226 Å². The zero-order valence-corrected chi connectivity index (χ0v) is 22.3. The van der Waals surface area contributed by atoms with Crippen LogP contribution < -0.4 is 22.1 Å². The average molecular weight is 543 g/mol. The number of rotatable bonds is 13. The molecule has 1 fully saturated rings. The quantitative estimate of drug-likeness (QED) is 0.210. The van der Waals surface area contributed by atoms with Crippen LogP contribution in [-0.2, 0) is 30.4 Å². The first-order valence-corrected chi connectivity index (χ1v) is 13.3. The van der Waals surface area contributed by atoms with Gasteiger partial charge < -0.3 is 37.1 Å². The first kappa shape index (κ1) is 29.6. The highest BCUT2D eigenvalue weighted by atomic mass is 16.4. The molecule has 2 heterocycles. The monoisotopic (exact) mass is 542 g/mol. The summed E-state index contributed by atoms with van der Waals surface area (Å²) in [5, 5.41) is 15.9. The Bertz CT molecular complexity index is 1210. The summed E-state index contributed by atoms with van der Waals surface area (Å²) < 4.78 is 0. The minimum Gasteiger partial charge on any atom is -0.480 e. The molecule has 0 aliphatic carbocycles. The number of benzene rings is 1. The largest absolute Gasteiger partial charge is 0.480 e. The average Bonchev–Trinajstić information content (AvgIpc) is 3.56. The van der Waals surface area contributed by atoms with Crippen LogP contribution in [-0.4, -0.2) is 75.3 Å². The number of primary amides is 1. The van der Waals surface area contributed by atoms with Gasteiger partial charge >= 0.3 is 5.97 Å². The molecule has 0 bridgehead atoms. The Morgan fingerprint density at radius 3 is 2.54 bits per heavy atom. The highest BCUT2D eigenvalue weighted by Gasteiger charge is 2.39. The number of carboxylic acid groups (broad SMARTS) is 1. The molecule has 1 saturated heterocycles. The lowest BCUT2D eigenvalue weighted by molar-refractivity contribution is -0.145. The number of aromatic nitrogens is 1. The van der Waals surface area contributed by atoms with Crippen LogP contribution in [0, 0.1) is 5.92 Å². The van der Waals surface area contributed by atoms with E-state index in [9.17, 15) is 29.1 Å². The minimum absolute atomic E-state index is 0.0454. The number of carboxylic acids is 1. The van der Waals surface area contributed by atoms with E-state index >= 15 is 0 Å². The number of likely N-dealkylation sites (tertiary alicyclic amines) is 1. The van der Waals surface area contributed by atoms with Crippen LogP contribution >= 0.6 is 0 Å². The van der Waals surface area contributed by atoms with E-state index < -0.39 is 53.8 Å². The van der Waals surface area contributed by atoms with Crippen molar-refractivity contribution in [2.24, 2.45) is 17.4 Å². The maximum Gasteiger partial charge on any atom is 0.326 e. The van der Waals surface area contributed by atoms with Crippen LogP contribution in [0.1, 0.15) is 51.5 Å². The molecule has 3 rings (SSSR count). The van der Waals surface area contributed by atoms with Gasteiger partial charge in [-0.25, -0.2) is 4.79 Å². The molecule has 0 radical (unpaired) electrons. The molecule has 1 aromatic heterocycles. The van der Waals surface area contributed by atoms with Gasteiger partial charge in [0.05, 0.1) is 6.04 Å². The number of nitrogens with zero attached hydrogens (tertiary/aromatic N) is 1. The van der Waals surface area contributed by atoms with Crippen LogP contribution in [0.5, 0.6) is 0 Å². The number of H-pyrrole nitrogens is 1. The van der Waals surface area contributed by atoms with Crippen LogP contribution in [0.25, 0.3) is 10.9 Å². The number of fused-ring (bicyclic) bond motifs is 1. The molecular weight excluding hydrogens is 504 g/mol. The number of nitrogens with one attached hydrogen (secondary N) is 3. The number of aliphatic carboxylic acids is 1. The highest BCUT2D eigenvalue weighted by molar-refractivity contribution is 5.95. The fourth-order valence-corrected chi connectivity index (χ4v) is 4.82. The van der Waals surface area contributed by atoms with Crippen molar-refractivity contribution in [3.8, 4) is 0 Å². The zero-order valence-electron chi connectivity index (χ0n) is 22.3. The molecule has 2 aromatic rings. The molecule has 5 atom stereocenters. The molecule has 12 heteroatoms. The number of aromatic amines is 1. The van der Waals surface area contributed by atoms with Crippen molar-refractivity contribution in [1.82, 2.24) is 20.5 Å². The fraction of sp³-hybridized carbons (Fsp3) is 0.519. The van der Waals surface area contributed by atoms with E-state index in [4.69, 9.17) is 11.5 Å². The van der Waals surface area contributed by atoms with Crippen molar-refractivity contribution in [2.45, 2.75) is 76.5 Å². The third-order valence-electron chi connectivity index (χ3n) is 7.41. The second-order valence-electron chi connectivity index (χ2n) is 10.1. The normalized spacial score (nSPS) is 18.2. The number of carbonyl (C=O) groups excluding carboxylic acids is 4. The topological polar surface area (TPSA) is 201 Å². The molecule has 0 spiro atoms. The Morgan fingerprint density at radius 2 is 1.87 bits per heavy atom. The van der Waals surface area contributed by atoms with Crippen molar-refractivity contribution >= 4 is 40.5 Å². The number of hydrogen-bond donors (Lipinski definition) is 6. The van der Waals surface area contributed by atoms with Crippen LogP contribution in [0.4, 0.5) is 0 Å².